The first-order valence-corrected chi connectivity index (χ1v) is 10.8. The fourth-order valence-electron chi connectivity index (χ4n) is 3.93. The molecule has 1 aliphatic heterocycles. The number of hydrogen-bond acceptors (Lipinski definition) is 4. The third-order valence-corrected chi connectivity index (χ3v) is 6.79. The van der Waals surface area contributed by atoms with Crippen molar-refractivity contribution in [3.05, 3.63) is 62.4 Å². The highest BCUT2D eigenvalue weighted by Crippen LogP contribution is 2.35. The van der Waals surface area contributed by atoms with Crippen molar-refractivity contribution in [1.82, 2.24) is 20.4 Å². The predicted molar refractivity (Wildman–Crippen MR) is 114 cm³/mol. The molecule has 0 spiro atoms. The molecule has 1 aliphatic rings. The lowest BCUT2D eigenvalue weighted by Gasteiger charge is -2.33. The number of piperidine rings is 1. The topological polar surface area (TPSA) is 59.0 Å². The molecule has 3 aromatic rings. The van der Waals surface area contributed by atoms with Crippen LogP contribution in [0.2, 0.25) is 5.02 Å². The number of halogens is 3. The Balaban J connectivity index is 1.56. The number of thiophene rings is 1. The van der Waals surface area contributed by atoms with Crippen molar-refractivity contribution < 1.29 is 13.6 Å². The van der Waals surface area contributed by atoms with Gasteiger partial charge in [-0.25, -0.2) is 8.78 Å². The van der Waals surface area contributed by atoms with Crippen LogP contribution in [-0.2, 0) is 7.05 Å². The molecule has 9 heteroatoms. The summed E-state index contributed by atoms with van der Waals surface area (Å²) in [7, 11) is 1.80. The number of carbonyl (C=O) groups excluding carboxylic acids is 1. The van der Waals surface area contributed by atoms with Gasteiger partial charge in [0.15, 0.2) is 11.6 Å². The minimum atomic E-state index is -0.873. The van der Waals surface area contributed by atoms with E-state index in [2.05, 4.69) is 15.7 Å². The zero-order valence-corrected chi connectivity index (χ0v) is 18.1. The van der Waals surface area contributed by atoms with Crippen LogP contribution in [0.25, 0.3) is 11.3 Å². The summed E-state index contributed by atoms with van der Waals surface area (Å²) in [5.41, 5.74) is 2.32. The number of aromatic nitrogens is 2. The number of benzene rings is 1. The van der Waals surface area contributed by atoms with Crippen LogP contribution in [0.5, 0.6) is 0 Å². The number of aryl methyl sites for hydroxylation is 2. The lowest BCUT2D eigenvalue weighted by molar-refractivity contribution is 0.0928. The third kappa shape index (κ3) is 3.99. The van der Waals surface area contributed by atoms with E-state index in [1.807, 2.05) is 13.0 Å². The van der Waals surface area contributed by atoms with Crippen LogP contribution in [0.15, 0.2) is 30.5 Å². The Kier molecular flexibility index (Phi) is 5.90. The van der Waals surface area contributed by atoms with E-state index in [-0.39, 0.29) is 17.9 Å². The molecule has 3 heterocycles. The van der Waals surface area contributed by atoms with Crippen LogP contribution in [0.3, 0.4) is 0 Å². The highest BCUT2D eigenvalue weighted by Gasteiger charge is 2.29. The maximum absolute atomic E-state index is 13.7. The van der Waals surface area contributed by atoms with Crippen molar-refractivity contribution in [2.24, 2.45) is 7.05 Å². The highest BCUT2D eigenvalue weighted by atomic mass is 35.5. The van der Waals surface area contributed by atoms with E-state index >= 15 is 0 Å². The summed E-state index contributed by atoms with van der Waals surface area (Å²) in [6.07, 6.45) is 2.29. The van der Waals surface area contributed by atoms with Crippen LogP contribution in [0.4, 0.5) is 8.78 Å². The second kappa shape index (κ2) is 8.45. The fourth-order valence-corrected chi connectivity index (χ4v) is 5.13. The molecule has 0 bridgehead atoms. The van der Waals surface area contributed by atoms with Gasteiger partial charge in [-0.15, -0.1) is 11.3 Å². The smallest absolute Gasteiger partial charge is 0.261 e. The zero-order chi connectivity index (χ0) is 21.4. The molecule has 30 heavy (non-hydrogen) atoms. The Bertz CT molecular complexity index is 1080. The third-order valence-electron chi connectivity index (χ3n) is 5.46. The van der Waals surface area contributed by atoms with Gasteiger partial charge >= 0.3 is 0 Å². The van der Waals surface area contributed by atoms with Crippen molar-refractivity contribution in [3.8, 4) is 11.3 Å². The molecule has 2 atom stereocenters. The maximum atomic E-state index is 13.7. The van der Waals surface area contributed by atoms with Gasteiger partial charge in [0.05, 0.1) is 21.8 Å². The first-order chi connectivity index (χ1) is 14.3. The SMILES string of the molecule is Cc1sc(C(=O)N[C@H]2CNCCC2c2ccc(F)c(F)c2)cc1-c1c(Cl)cnn1C. The summed E-state index contributed by atoms with van der Waals surface area (Å²) in [4.78, 5) is 14.5. The summed E-state index contributed by atoms with van der Waals surface area (Å²) >= 11 is 7.65. The van der Waals surface area contributed by atoms with Gasteiger partial charge in [-0.3, -0.25) is 9.48 Å². The zero-order valence-electron chi connectivity index (χ0n) is 16.5. The number of rotatable bonds is 4. The van der Waals surface area contributed by atoms with Crippen molar-refractivity contribution in [2.75, 3.05) is 13.1 Å². The van der Waals surface area contributed by atoms with E-state index < -0.39 is 11.6 Å². The van der Waals surface area contributed by atoms with Crippen molar-refractivity contribution >= 4 is 28.8 Å². The van der Waals surface area contributed by atoms with Gasteiger partial charge in [0.25, 0.3) is 5.91 Å². The largest absolute Gasteiger partial charge is 0.347 e. The molecular weight excluding hydrogens is 430 g/mol. The first-order valence-electron chi connectivity index (χ1n) is 9.60. The number of nitrogens with one attached hydrogen (secondary N) is 2. The number of hydrogen-bond donors (Lipinski definition) is 2. The molecule has 0 saturated carbocycles. The average molecular weight is 451 g/mol. The minimum Gasteiger partial charge on any atom is -0.347 e. The summed E-state index contributed by atoms with van der Waals surface area (Å²) in [6, 6.07) is 5.54. The fraction of sp³-hybridized carbons (Fsp3) is 0.333. The minimum absolute atomic E-state index is 0.0997. The molecule has 2 N–H and O–H groups in total. The Morgan fingerprint density at radius 1 is 1.33 bits per heavy atom. The molecular formula is C21H21ClF2N4OS. The molecule has 0 aliphatic carbocycles. The maximum Gasteiger partial charge on any atom is 0.261 e. The Labute approximate surface area is 182 Å². The molecule has 1 aromatic carbocycles. The molecule has 1 amide bonds. The molecule has 4 rings (SSSR count). The van der Waals surface area contributed by atoms with Crippen LogP contribution in [0, 0.1) is 18.6 Å². The first kappa shape index (κ1) is 21.0. The van der Waals surface area contributed by atoms with E-state index in [0.29, 0.717) is 22.0 Å². The van der Waals surface area contributed by atoms with Gasteiger partial charge in [-0.1, -0.05) is 17.7 Å². The molecule has 1 fully saturated rings. The second-order valence-electron chi connectivity index (χ2n) is 7.40. The molecule has 0 radical (unpaired) electrons. The molecule has 2 aromatic heterocycles. The van der Waals surface area contributed by atoms with Gasteiger partial charge in [0.2, 0.25) is 0 Å². The standard InChI is InChI=1S/C21H21ClF2N4OS/c1-11-14(20-15(22)9-26-28(20)2)8-19(30-11)21(29)27-18-10-25-6-5-13(18)12-3-4-16(23)17(24)7-12/h3-4,7-9,13,18,25H,5-6,10H2,1-2H3,(H,27,29)/t13?,18-/m0/s1. The number of amides is 1. The van der Waals surface area contributed by atoms with Gasteiger partial charge in [-0.05, 0) is 43.7 Å². The van der Waals surface area contributed by atoms with Gasteiger partial charge in [0.1, 0.15) is 0 Å². The van der Waals surface area contributed by atoms with Gasteiger partial charge in [-0.2, -0.15) is 5.10 Å². The normalized spacial score (nSPS) is 19.1. The van der Waals surface area contributed by atoms with E-state index in [1.54, 1.807) is 24.0 Å². The monoisotopic (exact) mass is 450 g/mol. The lowest BCUT2D eigenvalue weighted by Crippen LogP contribution is -2.49. The van der Waals surface area contributed by atoms with Gasteiger partial charge < -0.3 is 10.6 Å². The number of carbonyl (C=O) groups is 1. The van der Waals surface area contributed by atoms with Gasteiger partial charge in [0, 0.05) is 36.0 Å². The summed E-state index contributed by atoms with van der Waals surface area (Å²) in [5.74, 6) is -2.04. The van der Waals surface area contributed by atoms with Crippen LogP contribution in [-0.4, -0.2) is 34.8 Å². The van der Waals surface area contributed by atoms with Crippen molar-refractivity contribution in [1.29, 1.82) is 0 Å². The van der Waals surface area contributed by atoms with E-state index in [9.17, 15) is 13.6 Å². The van der Waals surface area contributed by atoms with Crippen molar-refractivity contribution in [3.63, 3.8) is 0 Å². The summed E-state index contributed by atoms with van der Waals surface area (Å²) < 4.78 is 28.8. The molecule has 1 saturated heterocycles. The predicted octanol–water partition coefficient (Wildman–Crippen LogP) is 4.26. The van der Waals surface area contributed by atoms with E-state index in [1.165, 1.54) is 17.4 Å². The molecule has 158 valence electrons. The number of nitrogens with zero attached hydrogens (tertiary/aromatic N) is 2. The van der Waals surface area contributed by atoms with Crippen LogP contribution in [0.1, 0.15) is 32.5 Å². The van der Waals surface area contributed by atoms with E-state index in [4.69, 9.17) is 11.6 Å². The Hall–Kier alpha value is -2.29. The molecule has 1 unspecified atom stereocenters. The van der Waals surface area contributed by atoms with E-state index in [0.717, 1.165) is 35.2 Å². The average Bonchev–Trinajstić information content (AvgIpc) is 3.26. The highest BCUT2D eigenvalue weighted by molar-refractivity contribution is 7.14. The quantitative estimate of drug-likeness (QED) is 0.624. The molecule has 5 nitrogen and oxygen atoms in total. The van der Waals surface area contributed by atoms with Crippen LogP contribution >= 0.6 is 22.9 Å². The van der Waals surface area contributed by atoms with Crippen LogP contribution < -0.4 is 10.6 Å². The summed E-state index contributed by atoms with van der Waals surface area (Å²) in [5, 5.41) is 11.0. The lowest BCUT2D eigenvalue weighted by atomic mass is 9.86. The Morgan fingerprint density at radius 2 is 2.13 bits per heavy atom. The second-order valence-corrected chi connectivity index (χ2v) is 9.06. The van der Waals surface area contributed by atoms with Crippen molar-refractivity contribution in [2.45, 2.75) is 25.3 Å². The Morgan fingerprint density at radius 3 is 2.83 bits per heavy atom. The summed E-state index contributed by atoms with van der Waals surface area (Å²) in [6.45, 7) is 3.24.